The lowest BCUT2D eigenvalue weighted by atomic mass is 10.0. The van der Waals surface area contributed by atoms with Gasteiger partial charge in [0.2, 0.25) is 0 Å². The van der Waals surface area contributed by atoms with E-state index in [1.165, 1.54) is 0 Å². The van der Waals surface area contributed by atoms with Crippen molar-refractivity contribution in [2.24, 2.45) is 0 Å². The molecule has 0 saturated heterocycles. The third kappa shape index (κ3) is 2.72. The number of phenolic OH excluding ortho intramolecular Hbond substituents is 1. The van der Waals surface area contributed by atoms with Crippen LogP contribution in [0, 0.1) is 17.4 Å². The molecule has 0 amide bonds. The van der Waals surface area contributed by atoms with Crippen molar-refractivity contribution in [3.63, 3.8) is 0 Å². The highest BCUT2D eigenvalue weighted by molar-refractivity contribution is 14.1. The highest BCUT2D eigenvalue weighted by atomic mass is 127. The summed E-state index contributed by atoms with van der Waals surface area (Å²) in [5.74, 6) is 1.71. The third-order valence-corrected chi connectivity index (χ3v) is 4.30. The number of phenols is 1. The number of halogens is 1. The lowest BCUT2D eigenvalue weighted by Crippen LogP contribution is -2.06. The smallest absolute Gasteiger partial charge is 0.161 e. The van der Waals surface area contributed by atoms with Gasteiger partial charge in [0.15, 0.2) is 5.82 Å². The van der Waals surface area contributed by atoms with Gasteiger partial charge in [-0.25, -0.2) is 9.97 Å². The Hall–Kier alpha value is -1.37. The molecule has 0 spiro atoms. The van der Waals surface area contributed by atoms with E-state index in [0.717, 1.165) is 26.0 Å². The summed E-state index contributed by atoms with van der Waals surface area (Å²) >= 11 is 2.18. The van der Waals surface area contributed by atoms with Crippen LogP contribution in [0.5, 0.6) is 5.75 Å². The van der Waals surface area contributed by atoms with Crippen LogP contribution in [-0.4, -0.2) is 15.1 Å². The van der Waals surface area contributed by atoms with Crippen LogP contribution in [0.3, 0.4) is 0 Å². The van der Waals surface area contributed by atoms with Crippen LogP contribution >= 0.6 is 22.6 Å². The zero-order valence-electron chi connectivity index (χ0n) is 12.0. The van der Waals surface area contributed by atoms with Crippen LogP contribution in [0.2, 0.25) is 0 Å². The minimum absolute atomic E-state index is 0.283. The summed E-state index contributed by atoms with van der Waals surface area (Å²) < 4.78 is 0.911. The highest BCUT2D eigenvalue weighted by Gasteiger charge is 2.15. The van der Waals surface area contributed by atoms with Gasteiger partial charge in [-0.2, -0.15) is 0 Å². The Labute approximate surface area is 132 Å². The number of aromatic hydroxyl groups is 1. The Bertz CT molecular complexity index is 645. The molecule has 0 aliphatic heterocycles. The van der Waals surface area contributed by atoms with Crippen molar-refractivity contribution in [3.8, 4) is 17.1 Å². The number of hydrogen-bond donors (Lipinski definition) is 2. The van der Waals surface area contributed by atoms with Crippen molar-refractivity contribution < 1.29 is 5.11 Å². The Balaban J connectivity index is 2.64. The van der Waals surface area contributed by atoms with E-state index in [0.29, 0.717) is 17.4 Å². The fourth-order valence-electron chi connectivity index (χ4n) is 2.08. The molecule has 20 heavy (non-hydrogen) atoms. The summed E-state index contributed by atoms with van der Waals surface area (Å²) in [6, 6.07) is 3.77. The topological polar surface area (TPSA) is 72.0 Å². The standard InChI is InChI=1S/C15H18IN3O/c1-7(2)12-11(16)14(17)19-15(18-12)10-5-8(3)13(20)9(4)6-10/h5-7,20H,1-4H3,(H2,17,18,19). The van der Waals surface area contributed by atoms with Crippen LogP contribution in [0.1, 0.15) is 36.6 Å². The van der Waals surface area contributed by atoms with Gasteiger partial charge in [-0.1, -0.05) is 13.8 Å². The maximum Gasteiger partial charge on any atom is 0.161 e. The van der Waals surface area contributed by atoms with E-state index >= 15 is 0 Å². The van der Waals surface area contributed by atoms with Crippen LogP contribution in [0.15, 0.2) is 12.1 Å². The second-order valence-corrected chi connectivity index (χ2v) is 6.32. The second-order valence-electron chi connectivity index (χ2n) is 5.25. The maximum atomic E-state index is 9.85. The lowest BCUT2D eigenvalue weighted by molar-refractivity contribution is 0.467. The van der Waals surface area contributed by atoms with Crippen molar-refractivity contribution in [3.05, 3.63) is 32.5 Å². The molecule has 0 aliphatic rings. The molecule has 2 rings (SSSR count). The van der Waals surface area contributed by atoms with E-state index in [2.05, 4.69) is 46.4 Å². The quantitative estimate of drug-likeness (QED) is 0.775. The molecule has 0 saturated carbocycles. The number of hydrogen-bond acceptors (Lipinski definition) is 4. The van der Waals surface area contributed by atoms with E-state index in [1.807, 2.05) is 26.0 Å². The van der Waals surface area contributed by atoms with Gasteiger partial charge in [0, 0.05) is 5.56 Å². The number of anilines is 1. The van der Waals surface area contributed by atoms with E-state index in [-0.39, 0.29) is 5.92 Å². The Morgan fingerprint density at radius 2 is 1.70 bits per heavy atom. The SMILES string of the molecule is Cc1cc(-c2nc(N)c(I)c(C(C)C)n2)cc(C)c1O. The molecule has 5 heteroatoms. The normalized spacial score (nSPS) is 11.1. The van der Waals surface area contributed by atoms with E-state index in [9.17, 15) is 5.11 Å². The summed E-state index contributed by atoms with van der Waals surface area (Å²) in [6.45, 7) is 7.90. The number of aryl methyl sites for hydroxylation is 2. The summed E-state index contributed by atoms with van der Waals surface area (Å²) in [6.07, 6.45) is 0. The molecule has 0 aliphatic carbocycles. The number of nitrogen functional groups attached to an aromatic ring is 1. The molecule has 0 unspecified atom stereocenters. The number of nitrogens with two attached hydrogens (primary N) is 1. The van der Waals surface area contributed by atoms with Crippen molar-refractivity contribution in [2.45, 2.75) is 33.6 Å². The Kier molecular flexibility index (Phi) is 4.17. The van der Waals surface area contributed by atoms with Gasteiger partial charge in [-0.3, -0.25) is 0 Å². The molecule has 1 aromatic heterocycles. The molecule has 1 heterocycles. The summed E-state index contributed by atoms with van der Waals surface area (Å²) in [7, 11) is 0. The average molecular weight is 383 g/mol. The van der Waals surface area contributed by atoms with Gasteiger partial charge in [-0.05, 0) is 65.6 Å². The van der Waals surface area contributed by atoms with Crippen LogP contribution in [0.25, 0.3) is 11.4 Å². The number of aromatic nitrogens is 2. The molecule has 4 nitrogen and oxygen atoms in total. The highest BCUT2D eigenvalue weighted by Crippen LogP contribution is 2.30. The maximum absolute atomic E-state index is 9.85. The number of benzene rings is 1. The first kappa shape index (κ1) is 15.0. The van der Waals surface area contributed by atoms with Gasteiger partial charge in [0.1, 0.15) is 11.6 Å². The molecule has 106 valence electrons. The second kappa shape index (κ2) is 5.55. The Morgan fingerprint density at radius 1 is 1.15 bits per heavy atom. The molecule has 2 aromatic rings. The lowest BCUT2D eigenvalue weighted by Gasteiger charge is -2.13. The predicted molar refractivity (Wildman–Crippen MR) is 89.8 cm³/mol. The fraction of sp³-hybridized carbons (Fsp3) is 0.333. The predicted octanol–water partition coefficient (Wildman–Crippen LogP) is 3.78. The molecule has 1 aromatic carbocycles. The van der Waals surface area contributed by atoms with E-state index in [4.69, 9.17) is 5.73 Å². The van der Waals surface area contributed by atoms with Crippen LogP contribution in [-0.2, 0) is 0 Å². The minimum atomic E-state index is 0.283. The summed E-state index contributed by atoms with van der Waals surface area (Å²) in [4.78, 5) is 9.01. The molecular formula is C15H18IN3O. The first-order valence-corrected chi connectivity index (χ1v) is 7.52. The fourth-order valence-corrected chi connectivity index (χ4v) is 2.94. The van der Waals surface area contributed by atoms with Crippen molar-refractivity contribution in [2.75, 3.05) is 5.73 Å². The zero-order valence-corrected chi connectivity index (χ0v) is 14.2. The zero-order chi connectivity index (χ0) is 15.0. The van der Waals surface area contributed by atoms with Crippen molar-refractivity contribution in [1.82, 2.24) is 9.97 Å². The van der Waals surface area contributed by atoms with Gasteiger partial charge >= 0.3 is 0 Å². The summed E-state index contributed by atoms with van der Waals surface area (Å²) in [5, 5.41) is 9.85. The summed E-state index contributed by atoms with van der Waals surface area (Å²) in [5.41, 5.74) is 9.45. The average Bonchev–Trinajstić information content (AvgIpc) is 2.38. The monoisotopic (exact) mass is 383 g/mol. The Morgan fingerprint density at radius 3 is 2.20 bits per heavy atom. The minimum Gasteiger partial charge on any atom is -0.507 e. The first-order chi connectivity index (χ1) is 9.31. The largest absolute Gasteiger partial charge is 0.507 e. The van der Waals surface area contributed by atoms with Gasteiger partial charge < -0.3 is 10.8 Å². The molecule has 0 atom stereocenters. The van der Waals surface area contributed by atoms with Gasteiger partial charge in [-0.15, -0.1) is 0 Å². The van der Waals surface area contributed by atoms with Crippen LogP contribution in [0.4, 0.5) is 5.82 Å². The molecule has 0 radical (unpaired) electrons. The number of rotatable bonds is 2. The van der Waals surface area contributed by atoms with Crippen LogP contribution < -0.4 is 5.73 Å². The first-order valence-electron chi connectivity index (χ1n) is 6.44. The van der Waals surface area contributed by atoms with Gasteiger partial charge in [0.25, 0.3) is 0 Å². The molecular weight excluding hydrogens is 365 g/mol. The molecule has 0 fully saturated rings. The van der Waals surface area contributed by atoms with Crippen molar-refractivity contribution in [1.29, 1.82) is 0 Å². The van der Waals surface area contributed by atoms with E-state index in [1.54, 1.807) is 0 Å². The molecule has 0 bridgehead atoms. The van der Waals surface area contributed by atoms with Crippen molar-refractivity contribution >= 4 is 28.4 Å². The van der Waals surface area contributed by atoms with E-state index < -0.39 is 0 Å². The number of nitrogens with zero attached hydrogens (tertiary/aromatic N) is 2. The molecule has 3 N–H and O–H groups in total. The van der Waals surface area contributed by atoms with Gasteiger partial charge in [0.05, 0.1) is 9.26 Å². The third-order valence-electron chi connectivity index (χ3n) is 3.20.